The summed E-state index contributed by atoms with van der Waals surface area (Å²) in [6, 6.07) is 13.6. The van der Waals surface area contributed by atoms with Crippen LogP contribution in [0.1, 0.15) is 19.4 Å². The summed E-state index contributed by atoms with van der Waals surface area (Å²) in [6.45, 7) is 7.97. The fourth-order valence-corrected chi connectivity index (χ4v) is 3.29. The molecule has 0 aromatic heterocycles. The van der Waals surface area contributed by atoms with Gasteiger partial charge in [-0.2, -0.15) is 0 Å². The number of rotatable bonds is 7. The van der Waals surface area contributed by atoms with Crippen LogP contribution in [0.2, 0.25) is 0 Å². The second-order valence-electron chi connectivity index (χ2n) is 5.92. The van der Waals surface area contributed by atoms with Crippen LogP contribution >= 0.6 is 28.1 Å². The zero-order valence-electron chi connectivity index (χ0n) is 15.7. The lowest BCUT2D eigenvalue weighted by atomic mass is 10.2. The lowest BCUT2D eigenvalue weighted by Crippen LogP contribution is -2.37. The van der Waals surface area contributed by atoms with E-state index in [1.807, 2.05) is 49.4 Å². The maximum Gasteiger partial charge on any atom is 0.264 e. The number of carbonyl (C=O) groups is 1. The summed E-state index contributed by atoms with van der Waals surface area (Å²) in [5.74, 6) is 0.355. The van der Waals surface area contributed by atoms with Gasteiger partial charge in [-0.1, -0.05) is 15.9 Å². The van der Waals surface area contributed by atoms with Crippen molar-refractivity contribution in [2.24, 2.45) is 0 Å². The molecule has 0 heterocycles. The second-order valence-corrected chi connectivity index (χ2v) is 7.24. The number of anilines is 2. The third kappa shape index (κ3) is 6.52. The van der Waals surface area contributed by atoms with Crippen molar-refractivity contribution in [1.82, 2.24) is 5.32 Å². The Kier molecular flexibility index (Phi) is 8.06. The highest BCUT2D eigenvalue weighted by Crippen LogP contribution is 2.22. The van der Waals surface area contributed by atoms with Crippen LogP contribution in [0.4, 0.5) is 11.4 Å². The van der Waals surface area contributed by atoms with Gasteiger partial charge in [0.2, 0.25) is 0 Å². The van der Waals surface area contributed by atoms with E-state index in [4.69, 9.17) is 17.0 Å². The minimum absolute atomic E-state index is 0.106. The molecule has 0 radical (unpaired) electrons. The van der Waals surface area contributed by atoms with E-state index in [0.29, 0.717) is 5.75 Å². The van der Waals surface area contributed by atoms with Gasteiger partial charge in [0.1, 0.15) is 5.75 Å². The molecule has 0 unspecified atom stereocenters. The van der Waals surface area contributed by atoms with Gasteiger partial charge >= 0.3 is 0 Å². The molecule has 0 fully saturated rings. The third-order valence-corrected chi connectivity index (χ3v) is 4.70. The molecule has 2 rings (SSSR count). The number of ether oxygens (including phenoxy) is 1. The van der Waals surface area contributed by atoms with Gasteiger partial charge in [-0.25, -0.2) is 0 Å². The summed E-state index contributed by atoms with van der Waals surface area (Å²) < 4.78 is 6.51. The van der Waals surface area contributed by atoms with Crippen molar-refractivity contribution in [3.8, 4) is 5.75 Å². The summed E-state index contributed by atoms with van der Waals surface area (Å²) in [4.78, 5) is 14.3. The van der Waals surface area contributed by atoms with Gasteiger partial charge in [0.25, 0.3) is 5.91 Å². The molecule has 0 atom stereocenters. The zero-order chi connectivity index (χ0) is 19.8. The molecule has 5 nitrogen and oxygen atoms in total. The first kappa shape index (κ1) is 21.2. The average molecular weight is 450 g/mol. The van der Waals surface area contributed by atoms with Gasteiger partial charge in [0.15, 0.2) is 11.7 Å². The van der Waals surface area contributed by atoms with E-state index in [1.165, 1.54) is 0 Å². The normalized spacial score (nSPS) is 10.2. The molecule has 2 N–H and O–H groups in total. The topological polar surface area (TPSA) is 53.6 Å². The van der Waals surface area contributed by atoms with Gasteiger partial charge in [0, 0.05) is 28.9 Å². The molecular weight excluding hydrogens is 426 g/mol. The predicted octanol–water partition coefficient (Wildman–Crippen LogP) is 4.50. The number of hydrogen-bond acceptors (Lipinski definition) is 4. The highest BCUT2D eigenvalue weighted by molar-refractivity contribution is 9.10. The van der Waals surface area contributed by atoms with Gasteiger partial charge in [-0.15, -0.1) is 0 Å². The van der Waals surface area contributed by atoms with E-state index in [2.05, 4.69) is 45.3 Å². The highest BCUT2D eigenvalue weighted by atomic mass is 79.9. The molecule has 0 saturated carbocycles. The highest BCUT2D eigenvalue weighted by Gasteiger charge is 2.08. The molecule has 27 heavy (non-hydrogen) atoms. The van der Waals surface area contributed by atoms with Crippen LogP contribution in [-0.2, 0) is 4.79 Å². The summed E-state index contributed by atoms with van der Waals surface area (Å²) in [5.41, 5.74) is 2.92. The quantitative estimate of drug-likeness (QED) is 0.609. The van der Waals surface area contributed by atoms with Gasteiger partial charge in [-0.05, 0) is 81.0 Å². The fraction of sp³-hybridized carbons (Fsp3) is 0.300. The van der Waals surface area contributed by atoms with Crippen LogP contribution in [-0.4, -0.2) is 30.7 Å². The molecule has 144 valence electrons. The van der Waals surface area contributed by atoms with Crippen molar-refractivity contribution in [3.63, 3.8) is 0 Å². The summed E-state index contributed by atoms with van der Waals surface area (Å²) >= 11 is 8.60. The number of benzene rings is 2. The van der Waals surface area contributed by atoms with Crippen LogP contribution < -0.4 is 20.3 Å². The summed E-state index contributed by atoms with van der Waals surface area (Å²) in [5, 5.41) is 5.88. The van der Waals surface area contributed by atoms with Crippen molar-refractivity contribution in [3.05, 3.63) is 52.5 Å². The number of amides is 1. The number of nitrogens with one attached hydrogen (secondary N) is 2. The Bertz CT molecular complexity index is 792. The van der Waals surface area contributed by atoms with E-state index < -0.39 is 0 Å². The van der Waals surface area contributed by atoms with E-state index in [0.717, 1.165) is 34.5 Å². The Morgan fingerprint density at radius 2 is 1.81 bits per heavy atom. The lowest BCUT2D eigenvalue weighted by Gasteiger charge is -2.21. The van der Waals surface area contributed by atoms with Crippen molar-refractivity contribution >= 4 is 50.5 Å². The Morgan fingerprint density at radius 1 is 1.15 bits per heavy atom. The fourth-order valence-electron chi connectivity index (χ4n) is 2.59. The predicted molar refractivity (Wildman–Crippen MR) is 119 cm³/mol. The first-order valence-electron chi connectivity index (χ1n) is 8.77. The maximum atomic E-state index is 12.0. The number of aryl methyl sites for hydroxylation is 1. The molecule has 2 aromatic rings. The van der Waals surface area contributed by atoms with Crippen molar-refractivity contribution in [2.45, 2.75) is 20.8 Å². The minimum atomic E-state index is -0.311. The molecule has 2 aromatic carbocycles. The van der Waals surface area contributed by atoms with Crippen LogP contribution in [0.5, 0.6) is 5.75 Å². The zero-order valence-corrected chi connectivity index (χ0v) is 18.1. The van der Waals surface area contributed by atoms with Crippen LogP contribution in [0.15, 0.2) is 46.9 Å². The standard InChI is InChI=1S/C20H24BrN3O2S/c1-4-24(5-2)17-9-7-16(8-10-17)22-20(27)23-19(25)13-26-18-11-6-15(21)12-14(18)3/h6-12H,4-5,13H2,1-3H3,(H2,22,23,25,27). The Balaban J connectivity index is 1.83. The van der Waals surface area contributed by atoms with E-state index >= 15 is 0 Å². The minimum Gasteiger partial charge on any atom is -0.483 e. The molecular formula is C20H24BrN3O2S. The van der Waals surface area contributed by atoms with E-state index in [1.54, 1.807) is 0 Å². The second kappa shape index (κ2) is 10.3. The number of nitrogens with zero attached hydrogens (tertiary/aromatic N) is 1. The van der Waals surface area contributed by atoms with E-state index in [-0.39, 0.29) is 17.6 Å². The van der Waals surface area contributed by atoms with Crippen LogP contribution in [0.25, 0.3) is 0 Å². The number of carbonyl (C=O) groups excluding carboxylic acids is 1. The largest absolute Gasteiger partial charge is 0.483 e. The van der Waals surface area contributed by atoms with Crippen molar-refractivity contribution in [2.75, 3.05) is 29.9 Å². The Hall–Kier alpha value is -2.12. The molecule has 0 aliphatic carbocycles. The Labute approximate surface area is 174 Å². The summed E-state index contributed by atoms with van der Waals surface area (Å²) in [6.07, 6.45) is 0. The SMILES string of the molecule is CCN(CC)c1ccc(NC(=S)NC(=O)COc2ccc(Br)cc2C)cc1. The molecule has 0 aliphatic rings. The first-order valence-corrected chi connectivity index (χ1v) is 9.97. The van der Waals surface area contributed by atoms with Gasteiger partial charge in [-0.3, -0.25) is 10.1 Å². The lowest BCUT2D eigenvalue weighted by molar-refractivity contribution is -0.121. The monoisotopic (exact) mass is 449 g/mol. The number of thiocarbonyl (C=S) groups is 1. The van der Waals surface area contributed by atoms with Gasteiger partial charge in [0.05, 0.1) is 0 Å². The Morgan fingerprint density at radius 3 is 2.41 bits per heavy atom. The van der Waals surface area contributed by atoms with Gasteiger partial charge < -0.3 is 15.0 Å². The van der Waals surface area contributed by atoms with Crippen molar-refractivity contribution in [1.29, 1.82) is 0 Å². The summed E-state index contributed by atoms with van der Waals surface area (Å²) in [7, 11) is 0. The number of hydrogen-bond donors (Lipinski definition) is 2. The molecule has 0 aliphatic heterocycles. The van der Waals surface area contributed by atoms with Crippen LogP contribution in [0.3, 0.4) is 0 Å². The maximum absolute atomic E-state index is 12.0. The van der Waals surface area contributed by atoms with Crippen molar-refractivity contribution < 1.29 is 9.53 Å². The van der Waals surface area contributed by atoms with Crippen LogP contribution in [0, 0.1) is 6.92 Å². The average Bonchev–Trinajstić information content (AvgIpc) is 2.63. The third-order valence-electron chi connectivity index (χ3n) is 4.00. The molecule has 0 saturated heterocycles. The first-order chi connectivity index (χ1) is 12.9. The molecule has 7 heteroatoms. The molecule has 0 spiro atoms. The van der Waals surface area contributed by atoms with E-state index in [9.17, 15) is 4.79 Å². The molecule has 0 bridgehead atoms. The molecule has 1 amide bonds. The smallest absolute Gasteiger partial charge is 0.264 e. The number of halogens is 1.